The van der Waals surface area contributed by atoms with E-state index in [1.165, 1.54) is 31.2 Å². The second-order valence-corrected chi connectivity index (χ2v) is 6.72. The molecule has 0 bridgehead atoms. The molecule has 0 spiro atoms. The SMILES string of the molecule is [C-]#[N+]c1ccc(C[C@@H](C(=O)NNC(=O)c2cccc(O)c2)[C@H](C)O)c(C)c1Cl. The second kappa shape index (κ2) is 9.22. The average molecular weight is 402 g/mol. The molecular formula is C20H20ClN3O4. The molecule has 2 aromatic carbocycles. The number of halogens is 1. The summed E-state index contributed by atoms with van der Waals surface area (Å²) in [4.78, 5) is 27.9. The van der Waals surface area contributed by atoms with Gasteiger partial charge in [0.15, 0.2) is 0 Å². The maximum atomic E-state index is 12.5. The molecule has 0 fully saturated rings. The average Bonchev–Trinajstić information content (AvgIpc) is 2.66. The van der Waals surface area contributed by atoms with Crippen molar-refractivity contribution in [2.24, 2.45) is 5.92 Å². The number of phenols is 1. The molecule has 0 saturated carbocycles. The molecule has 2 amide bonds. The molecule has 0 saturated heterocycles. The van der Waals surface area contributed by atoms with Crippen molar-refractivity contribution in [3.63, 3.8) is 0 Å². The van der Waals surface area contributed by atoms with Gasteiger partial charge in [-0.15, -0.1) is 0 Å². The van der Waals surface area contributed by atoms with Gasteiger partial charge in [-0.05, 0) is 49.6 Å². The smallest absolute Gasteiger partial charge is 0.269 e. The number of hydrazine groups is 1. The highest BCUT2D eigenvalue weighted by molar-refractivity contribution is 6.34. The molecule has 0 unspecified atom stereocenters. The third kappa shape index (κ3) is 5.00. The van der Waals surface area contributed by atoms with Crippen molar-refractivity contribution in [2.75, 3.05) is 0 Å². The summed E-state index contributed by atoms with van der Waals surface area (Å²) < 4.78 is 0. The Balaban J connectivity index is 2.09. The van der Waals surface area contributed by atoms with Gasteiger partial charge in [-0.3, -0.25) is 20.4 Å². The number of aliphatic hydroxyl groups excluding tert-OH is 1. The molecule has 0 aliphatic rings. The maximum absolute atomic E-state index is 12.5. The molecule has 0 aliphatic heterocycles. The van der Waals surface area contributed by atoms with Crippen LogP contribution in [-0.2, 0) is 11.2 Å². The number of aromatic hydroxyl groups is 1. The van der Waals surface area contributed by atoms with Crippen LogP contribution in [0.25, 0.3) is 4.85 Å². The van der Waals surface area contributed by atoms with Crippen molar-refractivity contribution < 1.29 is 19.8 Å². The fourth-order valence-electron chi connectivity index (χ4n) is 2.67. The minimum atomic E-state index is -0.989. The fourth-order valence-corrected chi connectivity index (χ4v) is 2.89. The molecule has 2 atom stereocenters. The lowest BCUT2D eigenvalue weighted by molar-refractivity contribution is -0.128. The predicted molar refractivity (Wildman–Crippen MR) is 105 cm³/mol. The van der Waals surface area contributed by atoms with Gasteiger partial charge in [0, 0.05) is 5.56 Å². The van der Waals surface area contributed by atoms with Crippen LogP contribution in [-0.4, -0.2) is 28.1 Å². The number of phenolic OH excluding ortho intramolecular Hbond substituents is 1. The van der Waals surface area contributed by atoms with Gasteiger partial charge < -0.3 is 10.2 Å². The summed E-state index contributed by atoms with van der Waals surface area (Å²) in [7, 11) is 0. The first-order valence-corrected chi connectivity index (χ1v) is 8.85. The third-order valence-electron chi connectivity index (χ3n) is 4.37. The van der Waals surface area contributed by atoms with Crippen LogP contribution in [0, 0.1) is 19.4 Å². The molecule has 8 heteroatoms. The van der Waals surface area contributed by atoms with Crippen molar-refractivity contribution in [1.82, 2.24) is 10.9 Å². The number of nitrogens with zero attached hydrogens (tertiary/aromatic N) is 1. The Labute approximate surface area is 167 Å². The summed E-state index contributed by atoms with van der Waals surface area (Å²) in [6.07, 6.45) is -0.814. The van der Waals surface area contributed by atoms with E-state index in [9.17, 15) is 19.8 Å². The molecular weight excluding hydrogens is 382 g/mol. The summed E-state index contributed by atoms with van der Waals surface area (Å²) in [6.45, 7) is 10.3. The summed E-state index contributed by atoms with van der Waals surface area (Å²) in [5, 5.41) is 19.8. The molecule has 0 aliphatic carbocycles. The van der Waals surface area contributed by atoms with E-state index in [-0.39, 0.29) is 17.7 Å². The van der Waals surface area contributed by atoms with Gasteiger partial charge in [0.2, 0.25) is 11.6 Å². The summed E-state index contributed by atoms with van der Waals surface area (Å²) >= 11 is 6.17. The van der Waals surface area contributed by atoms with Gasteiger partial charge in [-0.2, -0.15) is 0 Å². The fraction of sp³-hybridized carbons (Fsp3) is 0.250. The molecule has 0 heterocycles. The zero-order valence-corrected chi connectivity index (χ0v) is 16.1. The standard InChI is InChI=1S/C20H20ClN3O4/c1-11-13(7-8-17(22-3)18(11)21)10-16(12(2)25)20(28)24-23-19(27)14-5-4-6-15(26)9-14/h4-9,12,16,25-26H,10H2,1-2H3,(H,23,27)(H,24,28)/t12-,16+/m0/s1. The van der Waals surface area contributed by atoms with Crippen molar-refractivity contribution in [2.45, 2.75) is 26.4 Å². The van der Waals surface area contributed by atoms with Crippen LogP contribution < -0.4 is 10.9 Å². The number of amides is 2. The van der Waals surface area contributed by atoms with E-state index in [2.05, 4.69) is 15.7 Å². The Morgan fingerprint density at radius 3 is 2.57 bits per heavy atom. The van der Waals surface area contributed by atoms with Gasteiger partial charge in [0.25, 0.3) is 5.91 Å². The lowest BCUT2D eigenvalue weighted by Crippen LogP contribution is -2.47. The van der Waals surface area contributed by atoms with Crippen LogP contribution in [0.1, 0.15) is 28.4 Å². The van der Waals surface area contributed by atoms with E-state index in [0.717, 1.165) is 5.56 Å². The molecule has 146 valence electrons. The van der Waals surface area contributed by atoms with Gasteiger partial charge in [-0.1, -0.05) is 29.8 Å². The number of hydrogen-bond acceptors (Lipinski definition) is 4. The Bertz CT molecular complexity index is 938. The quantitative estimate of drug-likeness (QED) is 0.457. The first kappa shape index (κ1) is 21.2. The monoisotopic (exact) mass is 401 g/mol. The minimum Gasteiger partial charge on any atom is -0.508 e. The lowest BCUT2D eigenvalue weighted by atomic mass is 9.91. The highest BCUT2D eigenvalue weighted by Gasteiger charge is 2.26. The van der Waals surface area contributed by atoms with Crippen LogP contribution >= 0.6 is 11.6 Å². The molecule has 4 N–H and O–H groups in total. The molecule has 2 rings (SSSR count). The zero-order valence-electron chi connectivity index (χ0n) is 15.4. The lowest BCUT2D eigenvalue weighted by Gasteiger charge is -2.21. The first-order valence-electron chi connectivity index (χ1n) is 8.47. The number of aliphatic hydroxyl groups is 1. The molecule has 7 nitrogen and oxygen atoms in total. The number of nitrogens with one attached hydrogen (secondary N) is 2. The number of rotatable bonds is 5. The topological polar surface area (TPSA) is 103 Å². The van der Waals surface area contributed by atoms with Crippen LogP contribution in [0.4, 0.5) is 5.69 Å². The van der Waals surface area contributed by atoms with Crippen LogP contribution in [0.5, 0.6) is 5.75 Å². The number of benzene rings is 2. The van der Waals surface area contributed by atoms with E-state index in [4.69, 9.17) is 18.2 Å². The number of carbonyl (C=O) groups excluding carboxylic acids is 2. The number of carbonyl (C=O) groups is 2. The van der Waals surface area contributed by atoms with E-state index < -0.39 is 23.8 Å². The zero-order chi connectivity index (χ0) is 20.8. The van der Waals surface area contributed by atoms with Gasteiger partial charge in [0.1, 0.15) is 5.75 Å². The van der Waals surface area contributed by atoms with Crippen LogP contribution in [0.15, 0.2) is 36.4 Å². The van der Waals surface area contributed by atoms with Gasteiger partial charge >= 0.3 is 0 Å². The summed E-state index contributed by atoms with van der Waals surface area (Å²) in [5.41, 5.74) is 6.44. The van der Waals surface area contributed by atoms with Gasteiger partial charge in [0.05, 0.1) is 23.6 Å². The van der Waals surface area contributed by atoms with Gasteiger partial charge in [-0.25, -0.2) is 4.85 Å². The third-order valence-corrected chi connectivity index (χ3v) is 4.84. The molecule has 0 radical (unpaired) electrons. The predicted octanol–water partition coefficient (Wildman–Crippen LogP) is 2.91. The Hall–Kier alpha value is -3.08. The van der Waals surface area contributed by atoms with Crippen molar-refractivity contribution in [3.8, 4) is 5.75 Å². The number of hydrogen-bond donors (Lipinski definition) is 4. The van der Waals surface area contributed by atoms with Crippen molar-refractivity contribution >= 4 is 29.1 Å². The molecule has 0 aromatic heterocycles. The van der Waals surface area contributed by atoms with E-state index in [0.29, 0.717) is 16.3 Å². The normalized spacial score (nSPS) is 12.5. The Kier molecular flexibility index (Phi) is 6.99. The highest BCUT2D eigenvalue weighted by atomic mass is 35.5. The van der Waals surface area contributed by atoms with Crippen molar-refractivity contribution in [3.05, 3.63) is 69.5 Å². The molecule has 2 aromatic rings. The Morgan fingerprint density at radius 2 is 1.96 bits per heavy atom. The summed E-state index contributed by atoms with van der Waals surface area (Å²) in [6, 6.07) is 8.94. The Morgan fingerprint density at radius 1 is 1.25 bits per heavy atom. The second-order valence-electron chi connectivity index (χ2n) is 6.34. The van der Waals surface area contributed by atoms with E-state index in [1.54, 1.807) is 19.1 Å². The minimum absolute atomic E-state index is 0.0731. The summed E-state index contributed by atoms with van der Waals surface area (Å²) in [5.74, 6) is -2.10. The maximum Gasteiger partial charge on any atom is 0.269 e. The van der Waals surface area contributed by atoms with Crippen LogP contribution in [0.3, 0.4) is 0 Å². The van der Waals surface area contributed by atoms with E-state index in [1.807, 2.05) is 0 Å². The highest BCUT2D eigenvalue weighted by Crippen LogP contribution is 2.31. The van der Waals surface area contributed by atoms with E-state index >= 15 is 0 Å². The van der Waals surface area contributed by atoms with Crippen LogP contribution in [0.2, 0.25) is 5.02 Å². The largest absolute Gasteiger partial charge is 0.508 e. The first-order chi connectivity index (χ1) is 13.2. The van der Waals surface area contributed by atoms with Crippen molar-refractivity contribution in [1.29, 1.82) is 0 Å². The molecule has 28 heavy (non-hydrogen) atoms.